The van der Waals surface area contributed by atoms with E-state index in [0.717, 1.165) is 4.31 Å². The first-order valence-electron chi connectivity index (χ1n) is 9.83. The van der Waals surface area contributed by atoms with Gasteiger partial charge < -0.3 is 9.47 Å². The van der Waals surface area contributed by atoms with Gasteiger partial charge in [-0.1, -0.05) is 47.5 Å². The Morgan fingerprint density at radius 1 is 1.03 bits per heavy atom. The number of hydrogen-bond acceptors (Lipinski definition) is 6. The van der Waals surface area contributed by atoms with Gasteiger partial charge in [-0.05, 0) is 36.4 Å². The molecule has 0 radical (unpaired) electrons. The first kappa shape index (κ1) is 25.4. The van der Waals surface area contributed by atoms with Crippen molar-refractivity contribution in [2.45, 2.75) is 4.90 Å². The lowest BCUT2D eigenvalue weighted by atomic mass is 10.2. The van der Waals surface area contributed by atoms with E-state index in [1.54, 1.807) is 36.4 Å². The molecule has 0 heterocycles. The maximum atomic E-state index is 13.5. The minimum absolute atomic E-state index is 0.0112. The molecule has 0 aliphatic heterocycles. The molecule has 178 valence electrons. The number of anilines is 1. The zero-order valence-electron chi connectivity index (χ0n) is 18.2. The Kier molecular flexibility index (Phi) is 8.38. The number of rotatable bonds is 9. The minimum Gasteiger partial charge on any atom is -0.497 e. The zero-order valence-corrected chi connectivity index (χ0v) is 20.6. The third-order valence-electron chi connectivity index (χ3n) is 4.63. The van der Waals surface area contributed by atoms with Gasteiger partial charge in [0.05, 0.1) is 36.0 Å². The van der Waals surface area contributed by atoms with Crippen molar-refractivity contribution in [2.75, 3.05) is 25.1 Å². The molecule has 0 unspecified atom stereocenters. The Morgan fingerprint density at radius 2 is 1.76 bits per heavy atom. The van der Waals surface area contributed by atoms with Crippen molar-refractivity contribution in [3.8, 4) is 11.5 Å². The number of hydrazone groups is 1. The van der Waals surface area contributed by atoms with Crippen molar-refractivity contribution in [2.24, 2.45) is 5.10 Å². The molecule has 3 aromatic rings. The van der Waals surface area contributed by atoms with Gasteiger partial charge in [0, 0.05) is 16.7 Å². The van der Waals surface area contributed by atoms with Crippen LogP contribution in [0.5, 0.6) is 11.5 Å². The molecule has 8 nitrogen and oxygen atoms in total. The Balaban J connectivity index is 1.91. The van der Waals surface area contributed by atoms with Crippen LogP contribution in [-0.2, 0) is 14.8 Å². The molecular weight excluding hydrogens is 501 g/mol. The van der Waals surface area contributed by atoms with Crippen molar-refractivity contribution in [3.05, 3.63) is 82.3 Å². The third-order valence-corrected chi connectivity index (χ3v) is 6.97. The summed E-state index contributed by atoms with van der Waals surface area (Å²) < 4.78 is 38.4. The number of benzene rings is 3. The summed E-state index contributed by atoms with van der Waals surface area (Å²) >= 11 is 12.0. The Bertz CT molecular complexity index is 1300. The molecule has 0 aromatic heterocycles. The fourth-order valence-corrected chi connectivity index (χ4v) is 4.87. The predicted molar refractivity (Wildman–Crippen MR) is 133 cm³/mol. The first-order chi connectivity index (χ1) is 16.3. The number of hydrogen-bond donors (Lipinski definition) is 1. The average molecular weight is 522 g/mol. The molecule has 1 amide bonds. The van der Waals surface area contributed by atoms with E-state index in [9.17, 15) is 13.2 Å². The van der Waals surface area contributed by atoms with Crippen LogP contribution in [0.4, 0.5) is 5.69 Å². The summed E-state index contributed by atoms with van der Waals surface area (Å²) in [6, 6.07) is 17.2. The van der Waals surface area contributed by atoms with Gasteiger partial charge >= 0.3 is 0 Å². The molecule has 0 aliphatic carbocycles. The maximum Gasteiger partial charge on any atom is 0.264 e. The van der Waals surface area contributed by atoms with Gasteiger partial charge in [-0.15, -0.1) is 0 Å². The van der Waals surface area contributed by atoms with Crippen molar-refractivity contribution < 1.29 is 22.7 Å². The van der Waals surface area contributed by atoms with Crippen molar-refractivity contribution in [1.82, 2.24) is 5.43 Å². The van der Waals surface area contributed by atoms with E-state index in [1.165, 1.54) is 50.8 Å². The van der Waals surface area contributed by atoms with Gasteiger partial charge in [0.25, 0.3) is 15.9 Å². The quantitative estimate of drug-likeness (QED) is 0.333. The van der Waals surface area contributed by atoms with Crippen LogP contribution < -0.4 is 19.2 Å². The highest BCUT2D eigenvalue weighted by molar-refractivity contribution is 7.92. The summed E-state index contributed by atoms with van der Waals surface area (Å²) in [6.45, 7) is -0.564. The predicted octanol–water partition coefficient (Wildman–Crippen LogP) is 4.36. The van der Waals surface area contributed by atoms with Crippen molar-refractivity contribution in [1.29, 1.82) is 0 Å². The second-order valence-electron chi connectivity index (χ2n) is 6.82. The molecule has 11 heteroatoms. The van der Waals surface area contributed by atoms with Crippen LogP contribution in [0.15, 0.2) is 76.7 Å². The fraction of sp³-hybridized carbons (Fsp3) is 0.130. The third kappa shape index (κ3) is 5.99. The number of nitrogens with one attached hydrogen (secondary N) is 1. The molecule has 3 rings (SSSR count). The highest BCUT2D eigenvalue weighted by Gasteiger charge is 2.29. The molecule has 0 atom stereocenters. The number of sulfonamides is 1. The largest absolute Gasteiger partial charge is 0.497 e. The first-order valence-corrected chi connectivity index (χ1v) is 12.0. The van der Waals surface area contributed by atoms with E-state index in [0.29, 0.717) is 21.4 Å². The van der Waals surface area contributed by atoms with E-state index in [-0.39, 0.29) is 16.3 Å². The van der Waals surface area contributed by atoms with Crippen LogP contribution >= 0.6 is 23.2 Å². The molecule has 0 aliphatic rings. The second kappa shape index (κ2) is 11.2. The van der Waals surface area contributed by atoms with E-state index < -0.39 is 22.5 Å². The van der Waals surface area contributed by atoms with Gasteiger partial charge in [-0.25, -0.2) is 13.8 Å². The zero-order chi connectivity index (χ0) is 24.7. The molecule has 0 saturated heterocycles. The van der Waals surface area contributed by atoms with Crippen LogP contribution in [0.3, 0.4) is 0 Å². The van der Waals surface area contributed by atoms with Crippen LogP contribution in [0, 0.1) is 0 Å². The standard InChI is InChI=1S/C23H21Cl2N3O5S/c1-32-18-10-11-21(22(13-18)33-2)28(34(30,31)19-6-4-3-5-7-19)15-23(29)27-26-14-16-8-9-17(24)12-20(16)25/h3-14H,15H2,1-2H3,(H,27,29)/b26-14-. The summed E-state index contributed by atoms with van der Waals surface area (Å²) in [5.41, 5.74) is 3.01. The van der Waals surface area contributed by atoms with Gasteiger partial charge in [0.15, 0.2) is 0 Å². The smallest absolute Gasteiger partial charge is 0.264 e. The highest BCUT2D eigenvalue weighted by Crippen LogP contribution is 2.35. The van der Waals surface area contributed by atoms with Crippen LogP contribution in [0.25, 0.3) is 0 Å². The highest BCUT2D eigenvalue weighted by atomic mass is 35.5. The molecule has 0 bridgehead atoms. The van der Waals surface area contributed by atoms with Crippen molar-refractivity contribution in [3.63, 3.8) is 0 Å². The number of amides is 1. The molecule has 0 spiro atoms. The average Bonchev–Trinajstić information content (AvgIpc) is 2.84. The Labute approximate surface area is 207 Å². The monoisotopic (exact) mass is 521 g/mol. The molecule has 34 heavy (non-hydrogen) atoms. The number of nitrogens with zero attached hydrogens (tertiary/aromatic N) is 2. The summed E-state index contributed by atoms with van der Waals surface area (Å²) in [4.78, 5) is 12.7. The summed E-state index contributed by atoms with van der Waals surface area (Å²) in [5, 5.41) is 4.69. The number of halogens is 2. The van der Waals surface area contributed by atoms with Gasteiger partial charge in [0.1, 0.15) is 18.0 Å². The van der Waals surface area contributed by atoms with E-state index in [2.05, 4.69) is 10.5 Å². The van der Waals surface area contributed by atoms with Gasteiger partial charge in [0.2, 0.25) is 0 Å². The topological polar surface area (TPSA) is 97.3 Å². The minimum atomic E-state index is -4.13. The van der Waals surface area contributed by atoms with Gasteiger partial charge in [-0.3, -0.25) is 9.10 Å². The molecule has 0 fully saturated rings. The molecular formula is C23H21Cl2N3O5S. The second-order valence-corrected chi connectivity index (χ2v) is 9.53. The maximum absolute atomic E-state index is 13.5. The summed E-state index contributed by atoms with van der Waals surface area (Å²) in [5.74, 6) is -0.00614. The lowest BCUT2D eigenvalue weighted by Gasteiger charge is -2.25. The number of carbonyl (C=O) groups is 1. The lowest BCUT2D eigenvalue weighted by molar-refractivity contribution is -0.119. The Hall–Kier alpha value is -3.27. The van der Waals surface area contributed by atoms with Gasteiger partial charge in [-0.2, -0.15) is 5.10 Å². The Morgan fingerprint density at radius 3 is 2.41 bits per heavy atom. The van der Waals surface area contributed by atoms with Crippen LogP contribution in [-0.4, -0.2) is 41.3 Å². The number of methoxy groups -OCH3 is 2. The fourth-order valence-electron chi connectivity index (χ4n) is 2.96. The SMILES string of the molecule is COc1ccc(N(CC(=O)N/N=C\c2ccc(Cl)cc2Cl)S(=O)(=O)c2ccccc2)c(OC)c1. The summed E-state index contributed by atoms with van der Waals surface area (Å²) in [7, 11) is -1.25. The van der Waals surface area contributed by atoms with E-state index in [4.69, 9.17) is 32.7 Å². The van der Waals surface area contributed by atoms with Crippen LogP contribution in [0.2, 0.25) is 10.0 Å². The van der Waals surface area contributed by atoms with E-state index in [1.807, 2.05) is 0 Å². The van der Waals surface area contributed by atoms with E-state index >= 15 is 0 Å². The molecule has 1 N–H and O–H groups in total. The normalized spacial score (nSPS) is 11.3. The molecule has 3 aromatic carbocycles. The lowest BCUT2D eigenvalue weighted by Crippen LogP contribution is -2.39. The van der Waals surface area contributed by atoms with Crippen LogP contribution in [0.1, 0.15) is 5.56 Å². The summed E-state index contributed by atoms with van der Waals surface area (Å²) in [6.07, 6.45) is 1.33. The number of carbonyl (C=O) groups excluding carboxylic acids is 1. The molecule has 0 saturated carbocycles. The number of ether oxygens (including phenoxy) is 2. The van der Waals surface area contributed by atoms with Crippen molar-refractivity contribution >= 4 is 51.0 Å².